The summed E-state index contributed by atoms with van der Waals surface area (Å²) in [4.78, 5) is 12.0. The highest BCUT2D eigenvalue weighted by molar-refractivity contribution is 8.00. The van der Waals surface area contributed by atoms with Crippen molar-refractivity contribution in [3.8, 4) is 17.1 Å². The monoisotopic (exact) mass is 372 g/mol. The Morgan fingerprint density at radius 1 is 1.23 bits per heavy atom. The number of rotatable bonds is 7. The maximum absolute atomic E-state index is 12.0. The Morgan fingerprint density at radius 3 is 2.81 bits per heavy atom. The van der Waals surface area contributed by atoms with E-state index < -0.39 is 0 Å². The fourth-order valence-corrected chi connectivity index (χ4v) is 3.35. The van der Waals surface area contributed by atoms with E-state index >= 15 is 0 Å². The lowest BCUT2D eigenvalue weighted by Crippen LogP contribution is -2.19. The second-order valence-corrected chi connectivity index (χ2v) is 6.69. The molecular weight excluding hydrogens is 352 g/mol. The summed E-state index contributed by atoms with van der Waals surface area (Å²) in [5, 5.41) is 13.4. The fraction of sp³-hybridized carbons (Fsp3) is 0.333. The number of thioether (sulfide) groups is 1. The van der Waals surface area contributed by atoms with Crippen LogP contribution in [0.1, 0.15) is 20.3 Å². The number of aromatic nitrogens is 4. The van der Waals surface area contributed by atoms with Crippen LogP contribution in [0.2, 0.25) is 0 Å². The van der Waals surface area contributed by atoms with Crippen LogP contribution >= 0.6 is 11.8 Å². The lowest BCUT2D eigenvalue weighted by Gasteiger charge is -2.12. The normalized spacial score (nSPS) is 12.1. The van der Waals surface area contributed by atoms with Gasteiger partial charge in [-0.1, -0.05) is 30.8 Å². The van der Waals surface area contributed by atoms with Crippen LogP contribution in [0.3, 0.4) is 0 Å². The number of hydrogen-bond acceptors (Lipinski definition) is 7. The highest BCUT2D eigenvalue weighted by atomic mass is 32.2. The Bertz CT molecular complexity index is 912. The molecule has 0 amide bonds. The van der Waals surface area contributed by atoms with Gasteiger partial charge in [-0.05, 0) is 37.6 Å². The summed E-state index contributed by atoms with van der Waals surface area (Å²) in [6.45, 7) is 4.12. The van der Waals surface area contributed by atoms with Crippen LogP contribution in [0.25, 0.3) is 17.0 Å². The lowest BCUT2D eigenvalue weighted by atomic mass is 10.2. The molecule has 0 radical (unpaired) electrons. The average molecular weight is 372 g/mol. The molecule has 0 aliphatic heterocycles. The van der Waals surface area contributed by atoms with Crippen LogP contribution in [-0.2, 0) is 9.53 Å². The Kier molecular flexibility index (Phi) is 5.72. The number of carbonyl (C=O) groups is 1. The van der Waals surface area contributed by atoms with E-state index in [1.54, 1.807) is 18.5 Å². The molecule has 0 aliphatic carbocycles. The van der Waals surface area contributed by atoms with Crippen molar-refractivity contribution in [2.75, 3.05) is 13.7 Å². The standard InChI is InChI=1S/C18H20N4O3S/c1-4-14(18(23)25-5-2)26-16-10-9-15-19-20-17(22(15)21-16)12-7-6-8-13(11-12)24-3/h6-11,14H,4-5H2,1-3H3. The van der Waals surface area contributed by atoms with Crippen LogP contribution in [0.5, 0.6) is 5.75 Å². The zero-order valence-corrected chi connectivity index (χ0v) is 15.7. The number of esters is 1. The SMILES string of the molecule is CCOC(=O)C(CC)Sc1ccc2nnc(-c3cccc(OC)c3)n2n1. The minimum absolute atomic E-state index is 0.223. The minimum atomic E-state index is -0.295. The first kappa shape index (κ1) is 18.2. The first-order chi connectivity index (χ1) is 12.7. The summed E-state index contributed by atoms with van der Waals surface area (Å²) in [6, 6.07) is 11.2. The van der Waals surface area contributed by atoms with Crippen LogP contribution < -0.4 is 4.74 Å². The van der Waals surface area contributed by atoms with Gasteiger partial charge in [0.2, 0.25) is 0 Å². The van der Waals surface area contributed by atoms with Gasteiger partial charge >= 0.3 is 5.97 Å². The first-order valence-corrected chi connectivity index (χ1v) is 9.24. The fourth-order valence-electron chi connectivity index (χ4n) is 2.46. The number of fused-ring (bicyclic) bond motifs is 1. The molecule has 8 heteroatoms. The van der Waals surface area contributed by atoms with E-state index in [2.05, 4.69) is 15.3 Å². The van der Waals surface area contributed by atoms with Gasteiger partial charge in [0.15, 0.2) is 11.5 Å². The van der Waals surface area contributed by atoms with Crippen molar-refractivity contribution >= 4 is 23.4 Å². The Balaban J connectivity index is 1.94. The van der Waals surface area contributed by atoms with Gasteiger partial charge in [-0.25, -0.2) is 0 Å². The molecule has 0 N–H and O–H groups in total. The van der Waals surface area contributed by atoms with E-state index in [9.17, 15) is 4.79 Å². The molecule has 0 spiro atoms. The van der Waals surface area contributed by atoms with E-state index in [0.717, 1.165) is 11.3 Å². The summed E-state index contributed by atoms with van der Waals surface area (Å²) in [7, 11) is 1.62. The van der Waals surface area contributed by atoms with E-state index in [-0.39, 0.29) is 11.2 Å². The van der Waals surface area contributed by atoms with Gasteiger partial charge in [0.05, 0.1) is 13.7 Å². The quantitative estimate of drug-likeness (QED) is 0.465. The molecule has 7 nitrogen and oxygen atoms in total. The van der Waals surface area contributed by atoms with Crippen molar-refractivity contribution in [2.24, 2.45) is 0 Å². The van der Waals surface area contributed by atoms with Crippen molar-refractivity contribution in [3.63, 3.8) is 0 Å². The summed E-state index contributed by atoms with van der Waals surface area (Å²) in [6.07, 6.45) is 0.661. The molecule has 0 bridgehead atoms. The third-order valence-corrected chi connectivity index (χ3v) is 5.02. The van der Waals surface area contributed by atoms with Crippen LogP contribution in [-0.4, -0.2) is 44.7 Å². The second-order valence-electron chi connectivity index (χ2n) is 5.46. The summed E-state index contributed by atoms with van der Waals surface area (Å²) < 4.78 is 12.1. The highest BCUT2D eigenvalue weighted by Crippen LogP contribution is 2.27. The third kappa shape index (κ3) is 3.80. The summed E-state index contributed by atoms with van der Waals surface area (Å²) in [5.41, 5.74) is 1.49. The summed E-state index contributed by atoms with van der Waals surface area (Å²) >= 11 is 1.38. The highest BCUT2D eigenvalue weighted by Gasteiger charge is 2.20. The van der Waals surface area contributed by atoms with Crippen LogP contribution in [0, 0.1) is 0 Å². The molecule has 1 unspecified atom stereocenters. The largest absolute Gasteiger partial charge is 0.497 e. The zero-order chi connectivity index (χ0) is 18.5. The van der Waals surface area contributed by atoms with E-state index in [4.69, 9.17) is 9.47 Å². The van der Waals surface area contributed by atoms with Gasteiger partial charge in [0.1, 0.15) is 16.0 Å². The summed E-state index contributed by atoms with van der Waals surface area (Å²) in [5.74, 6) is 1.13. The molecule has 1 aromatic carbocycles. The molecule has 2 heterocycles. The topological polar surface area (TPSA) is 78.6 Å². The second kappa shape index (κ2) is 8.18. The van der Waals surface area contributed by atoms with Crippen molar-refractivity contribution in [3.05, 3.63) is 36.4 Å². The van der Waals surface area contributed by atoms with Crippen molar-refractivity contribution in [1.82, 2.24) is 19.8 Å². The van der Waals surface area contributed by atoms with Gasteiger partial charge in [-0.3, -0.25) is 4.79 Å². The van der Waals surface area contributed by atoms with E-state index in [1.165, 1.54) is 11.8 Å². The Labute approximate surface area is 155 Å². The molecule has 26 heavy (non-hydrogen) atoms. The maximum Gasteiger partial charge on any atom is 0.319 e. The smallest absolute Gasteiger partial charge is 0.319 e. The lowest BCUT2D eigenvalue weighted by molar-refractivity contribution is -0.142. The predicted octanol–water partition coefficient (Wildman–Crippen LogP) is 3.23. The van der Waals surface area contributed by atoms with Crippen LogP contribution in [0.4, 0.5) is 0 Å². The number of benzene rings is 1. The molecule has 1 atom stereocenters. The maximum atomic E-state index is 12.0. The molecule has 3 rings (SSSR count). The molecule has 0 aliphatic rings. The molecule has 2 aromatic heterocycles. The van der Waals surface area contributed by atoms with Gasteiger partial charge in [0, 0.05) is 5.56 Å². The molecular formula is C18H20N4O3S. The Morgan fingerprint density at radius 2 is 2.08 bits per heavy atom. The number of ether oxygens (including phenoxy) is 2. The zero-order valence-electron chi connectivity index (χ0n) is 14.9. The van der Waals surface area contributed by atoms with E-state index in [1.807, 2.05) is 43.3 Å². The molecule has 0 saturated carbocycles. The first-order valence-electron chi connectivity index (χ1n) is 8.36. The molecule has 3 aromatic rings. The number of methoxy groups -OCH3 is 1. The van der Waals surface area contributed by atoms with Crippen molar-refractivity contribution < 1.29 is 14.3 Å². The average Bonchev–Trinajstić information content (AvgIpc) is 3.09. The van der Waals surface area contributed by atoms with Gasteiger partial charge < -0.3 is 9.47 Å². The van der Waals surface area contributed by atoms with Gasteiger partial charge in [-0.2, -0.15) is 9.61 Å². The van der Waals surface area contributed by atoms with Crippen molar-refractivity contribution in [1.29, 1.82) is 0 Å². The van der Waals surface area contributed by atoms with Crippen molar-refractivity contribution in [2.45, 2.75) is 30.5 Å². The van der Waals surface area contributed by atoms with E-state index in [0.29, 0.717) is 29.5 Å². The number of hydrogen-bond donors (Lipinski definition) is 0. The molecule has 136 valence electrons. The van der Waals surface area contributed by atoms with Gasteiger partial charge in [-0.15, -0.1) is 10.2 Å². The minimum Gasteiger partial charge on any atom is -0.497 e. The third-order valence-electron chi connectivity index (χ3n) is 3.75. The number of carbonyl (C=O) groups excluding carboxylic acids is 1. The molecule has 0 saturated heterocycles. The van der Waals surface area contributed by atoms with Crippen LogP contribution in [0.15, 0.2) is 41.4 Å². The predicted molar refractivity (Wildman–Crippen MR) is 99.3 cm³/mol. The molecule has 0 fully saturated rings. The Hall–Kier alpha value is -2.61. The van der Waals surface area contributed by atoms with Gasteiger partial charge in [0.25, 0.3) is 0 Å². The number of nitrogens with zero attached hydrogens (tertiary/aromatic N) is 4.